The summed E-state index contributed by atoms with van der Waals surface area (Å²) in [5.74, 6) is 11.7. The average Bonchev–Trinajstić information content (AvgIpc) is 2.52. The van der Waals surface area contributed by atoms with Crippen LogP contribution in [0.2, 0.25) is 0 Å². The second-order valence-electron chi connectivity index (χ2n) is 5.30. The molecule has 1 aliphatic rings. The van der Waals surface area contributed by atoms with Crippen molar-refractivity contribution in [2.45, 2.75) is 25.7 Å². The van der Waals surface area contributed by atoms with Crippen LogP contribution in [0.5, 0.6) is 0 Å². The molecule has 1 aromatic carbocycles. The lowest BCUT2D eigenvalue weighted by molar-refractivity contribution is 0.0697. The van der Waals surface area contributed by atoms with Gasteiger partial charge in [-0.15, -0.1) is 0 Å². The van der Waals surface area contributed by atoms with Crippen molar-refractivity contribution in [3.8, 4) is 23.7 Å². The van der Waals surface area contributed by atoms with Crippen LogP contribution in [0, 0.1) is 35.5 Å². The zero-order chi connectivity index (χ0) is 15.1. The minimum atomic E-state index is -0.937. The molecule has 1 saturated carbocycles. The van der Waals surface area contributed by atoms with Crippen molar-refractivity contribution in [3.05, 3.63) is 35.4 Å². The van der Waals surface area contributed by atoms with Gasteiger partial charge in [0.15, 0.2) is 0 Å². The second kappa shape index (κ2) is 7.53. The number of rotatable bonds is 2. The molecular formula is C18H18O3. The molecule has 2 rings (SSSR count). The van der Waals surface area contributed by atoms with Crippen molar-refractivity contribution >= 4 is 5.97 Å². The van der Waals surface area contributed by atoms with Crippen molar-refractivity contribution in [3.63, 3.8) is 0 Å². The highest BCUT2D eigenvalue weighted by Gasteiger charge is 2.18. The van der Waals surface area contributed by atoms with E-state index in [9.17, 15) is 4.79 Å². The van der Waals surface area contributed by atoms with Crippen molar-refractivity contribution in [1.82, 2.24) is 0 Å². The van der Waals surface area contributed by atoms with E-state index < -0.39 is 5.97 Å². The zero-order valence-electron chi connectivity index (χ0n) is 11.8. The largest absolute Gasteiger partial charge is 0.478 e. The maximum Gasteiger partial charge on any atom is 0.335 e. The number of aliphatic hydroxyl groups is 1. The van der Waals surface area contributed by atoms with Gasteiger partial charge in [0.25, 0.3) is 0 Å². The van der Waals surface area contributed by atoms with Crippen LogP contribution in [-0.2, 0) is 0 Å². The number of benzene rings is 1. The monoisotopic (exact) mass is 282 g/mol. The summed E-state index contributed by atoms with van der Waals surface area (Å²) in [6.45, 7) is 0.284. The van der Waals surface area contributed by atoms with E-state index in [0.717, 1.165) is 31.2 Å². The first kappa shape index (κ1) is 15.2. The van der Waals surface area contributed by atoms with Gasteiger partial charge >= 0.3 is 5.97 Å². The van der Waals surface area contributed by atoms with E-state index in [1.807, 2.05) is 0 Å². The van der Waals surface area contributed by atoms with Crippen LogP contribution in [0.1, 0.15) is 41.6 Å². The molecule has 2 N–H and O–H groups in total. The average molecular weight is 282 g/mol. The third-order valence-corrected chi connectivity index (χ3v) is 3.78. The highest BCUT2D eigenvalue weighted by Crippen LogP contribution is 2.27. The lowest BCUT2D eigenvalue weighted by atomic mass is 9.83. The van der Waals surface area contributed by atoms with E-state index in [1.54, 1.807) is 12.1 Å². The predicted molar refractivity (Wildman–Crippen MR) is 80.6 cm³/mol. The molecular weight excluding hydrogens is 264 g/mol. The second-order valence-corrected chi connectivity index (χ2v) is 5.30. The van der Waals surface area contributed by atoms with Crippen LogP contribution >= 0.6 is 0 Å². The molecule has 0 radical (unpaired) electrons. The molecule has 108 valence electrons. The number of hydrogen-bond donors (Lipinski definition) is 2. The van der Waals surface area contributed by atoms with Gasteiger partial charge in [0.2, 0.25) is 0 Å². The number of carbonyl (C=O) groups is 1. The quantitative estimate of drug-likeness (QED) is 0.820. The Morgan fingerprint density at radius 1 is 1.10 bits per heavy atom. The zero-order valence-corrected chi connectivity index (χ0v) is 11.8. The molecule has 0 bridgehead atoms. The molecule has 0 amide bonds. The Labute approximate surface area is 125 Å². The Kier molecular flexibility index (Phi) is 5.43. The molecule has 21 heavy (non-hydrogen) atoms. The standard InChI is InChI=1S/C18H18O3/c19-13-16-7-5-14(6-8-16)3-1-2-4-15-9-11-17(12-10-15)18(20)21/h9-12,14,16,19H,5-8,13H2,(H,20,21). The van der Waals surface area contributed by atoms with Crippen molar-refractivity contribution in [2.75, 3.05) is 6.61 Å². The van der Waals surface area contributed by atoms with Gasteiger partial charge in [0, 0.05) is 18.1 Å². The molecule has 0 aliphatic heterocycles. The molecule has 3 heteroatoms. The maximum atomic E-state index is 10.7. The molecule has 0 unspecified atom stereocenters. The Morgan fingerprint density at radius 3 is 2.33 bits per heavy atom. The molecule has 1 aromatic rings. The van der Waals surface area contributed by atoms with Crippen LogP contribution in [0.3, 0.4) is 0 Å². The predicted octanol–water partition coefficient (Wildman–Crippen LogP) is 2.54. The summed E-state index contributed by atoms with van der Waals surface area (Å²) in [6, 6.07) is 6.45. The topological polar surface area (TPSA) is 57.5 Å². The van der Waals surface area contributed by atoms with E-state index in [1.165, 1.54) is 12.1 Å². The van der Waals surface area contributed by atoms with Gasteiger partial charge in [0.05, 0.1) is 5.56 Å². The number of hydrogen-bond acceptors (Lipinski definition) is 2. The normalized spacial score (nSPS) is 20.6. The van der Waals surface area contributed by atoms with Crippen LogP contribution < -0.4 is 0 Å². The minimum Gasteiger partial charge on any atom is -0.478 e. The lowest BCUT2D eigenvalue weighted by Gasteiger charge is -2.23. The summed E-state index contributed by atoms with van der Waals surface area (Å²) in [5.41, 5.74) is 1.02. The van der Waals surface area contributed by atoms with Gasteiger partial charge in [-0.05, 0) is 67.7 Å². The summed E-state index contributed by atoms with van der Waals surface area (Å²) < 4.78 is 0. The Hall–Kier alpha value is -2.23. The fourth-order valence-electron chi connectivity index (χ4n) is 2.43. The Morgan fingerprint density at radius 2 is 1.76 bits per heavy atom. The highest BCUT2D eigenvalue weighted by molar-refractivity contribution is 5.87. The van der Waals surface area contributed by atoms with Crippen LogP contribution in [0.4, 0.5) is 0 Å². The fraction of sp³-hybridized carbons (Fsp3) is 0.389. The number of carboxylic acids is 1. The van der Waals surface area contributed by atoms with E-state index >= 15 is 0 Å². The highest BCUT2D eigenvalue weighted by atomic mass is 16.4. The van der Waals surface area contributed by atoms with Crippen LogP contribution in [0.15, 0.2) is 24.3 Å². The van der Waals surface area contributed by atoms with E-state index in [0.29, 0.717) is 11.8 Å². The number of aromatic carboxylic acids is 1. The third-order valence-electron chi connectivity index (χ3n) is 3.78. The van der Waals surface area contributed by atoms with Crippen molar-refractivity contribution < 1.29 is 15.0 Å². The fourth-order valence-corrected chi connectivity index (χ4v) is 2.43. The molecule has 0 aromatic heterocycles. The molecule has 0 spiro atoms. The van der Waals surface area contributed by atoms with Crippen LogP contribution in [-0.4, -0.2) is 22.8 Å². The summed E-state index contributed by atoms with van der Waals surface area (Å²) >= 11 is 0. The first-order valence-corrected chi connectivity index (χ1v) is 7.15. The molecule has 0 saturated heterocycles. The molecule has 0 atom stereocenters. The van der Waals surface area contributed by atoms with Crippen LogP contribution in [0.25, 0.3) is 0 Å². The van der Waals surface area contributed by atoms with E-state index in [-0.39, 0.29) is 12.2 Å². The van der Waals surface area contributed by atoms with Gasteiger partial charge < -0.3 is 10.2 Å². The number of aliphatic hydroxyl groups excluding tert-OH is 1. The Balaban J connectivity index is 1.89. The summed E-state index contributed by atoms with van der Waals surface area (Å²) in [7, 11) is 0. The summed E-state index contributed by atoms with van der Waals surface area (Å²) in [6.07, 6.45) is 4.15. The molecule has 1 fully saturated rings. The van der Waals surface area contributed by atoms with E-state index in [2.05, 4.69) is 23.7 Å². The van der Waals surface area contributed by atoms with Gasteiger partial charge in [0.1, 0.15) is 0 Å². The molecule has 1 aliphatic carbocycles. The summed E-state index contributed by atoms with van der Waals surface area (Å²) in [5, 5.41) is 17.9. The smallest absolute Gasteiger partial charge is 0.335 e. The van der Waals surface area contributed by atoms with Gasteiger partial charge in [-0.1, -0.05) is 11.8 Å². The first-order chi connectivity index (χ1) is 10.2. The first-order valence-electron chi connectivity index (χ1n) is 7.15. The lowest BCUT2D eigenvalue weighted by Crippen LogP contribution is -2.16. The van der Waals surface area contributed by atoms with Gasteiger partial charge in [-0.2, -0.15) is 0 Å². The van der Waals surface area contributed by atoms with Crippen molar-refractivity contribution in [2.24, 2.45) is 11.8 Å². The molecule has 3 nitrogen and oxygen atoms in total. The number of carboxylic acid groups (broad SMARTS) is 1. The van der Waals surface area contributed by atoms with E-state index in [4.69, 9.17) is 10.2 Å². The molecule has 0 heterocycles. The Bertz CT molecular complexity index is 600. The van der Waals surface area contributed by atoms with Gasteiger partial charge in [-0.25, -0.2) is 4.79 Å². The van der Waals surface area contributed by atoms with Gasteiger partial charge in [-0.3, -0.25) is 0 Å². The third kappa shape index (κ3) is 4.67. The summed E-state index contributed by atoms with van der Waals surface area (Å²) in [4.78, 5) is 10.7. The minimum absolute atomic E-state index is 0.257. The maximum absolute atomic E-state index is 10.7. The van der Waals surface area contributed by atoms with Crippen molar-refractivity contribution in [1.29, 1.82) is 0 Å². The SMILES string of the molecule is O=C(O)c1ccc(C#CC#CC2CCC(CO)CC2)cc1.